The molecule has 0 spiro atoms. The lowest BCUT2D eigenvalue weighted by Gasteiger charge is -2.16. The van der Waals surface area contributed by atoms with Crippen molar-refractivity contribution >= 4 is 5.97 Å². The highest BCUT2D eigenvalue weighted by Crippen LogP contribution is 2.22. The van der Waals surface area contributed by atoms with Gasteiger partial charge in [-0.05, 0) is 49.3 Å². The fraction of sp³-hybridized carbons (Fsp3) is 0.533. The summed E-state index contributed by atoms with van der Waals surface area (Å²) in [7, 11) is 0. The Morgan fingerprint density at radius 3 is 2.83 bits per heavy atom. The van der Waals surface area contributed by atoms with Gasteiger partial charge in [-0.15, -0.1) is 0 Å². The van der Waals surface area contributed by atoms with Crippen LogP contribution in [0.3, 0.4) is 0 Å². The van der Waals surface area contributed by atoms with Crippen molar-refractivity contribution in [3.05, 3.63) is 34.9 Å². The maximum atomic E-state index is 11.2. The molecule has 1 aliphatic carbocycles. The van der Waals surface area contributed by atoms with Gasteiger partial charge in [-0.1, -0.05) is 18.2 Å². The lowest BCUT2D eigenvalue weighted by atomic mass is 9.90. The third-order valence-corrected chi connectivity index (χ3v) is 3.32. The van der Waals surface area contributed by atoms with E-state index in [0.29, 0.717) is 6.61 Å². The second-order valence-electron chi connectivity index (χ2n) is 4.72. The lowest BCUT2D eigenvalue weighted by Crippen LogP contribution is -2.24. The molecule has 0 atom stereocenters. The van der Waals surface area contributed by atoms with Crippen LogP contribution in [-0.2, 0) is 28.9 Å². The van der Waals surface area contributed by atoms with Gasteiger partial charge < -0.3 is 10.1 Å². The first-order valence-corrected chi connectivity index (χ1v) is 6.76. The fourth-order valence-corrected chi connectivity index (χ4v) is 2.42. The quantitative estimate of drug-likeness (QED) is 0.811. The maximum absolute atomic E-state index is 11.2. The van der Waals surface area contributed by atoms with Gasteiger partial charge in [0.05, 0.1) is 13.2 Å². The Labute approximate surface area is 109 Å². The summed E-state index contributed by atoms with van der Waals surface area (Å²) in [5.41, 5.74) is 4.23. The molecule has 0 heterocycles. The summed E-state index contributed by atoms with van der Waals surface area (Å²) >= 11 is 0. The molecule has 1 aromatic rings. The van der Waals surface area contributed by atoms with Crippen LogP contribution in [0.1, 0.15) is 36.5 Å². The first-order chi connectivity index (χ1) is 8.79. The van der Waals surface area contributed by atoms with Gasteiger partial charge in [0.25, 0.3) is 0 Å². The summed E-state index contributed by atoms with van der Waals surface area (Å²) in [6, 6.07) is 6.66. The van der Waals surface area contributed by atoms with Crippen molar-refractivity contribution in [3.63, 3.8) is 0 Å². The van der Waals surface area contributed by atoms with Crippen LogP contribution in [-0.4, -0.2) is 19.1 Å². The number of hydrogen-bond donors (Lipinski definition) is 1. The number of carbonyl (C=O) groups is 1. The van der Waals surface area contributed by atoms with Crippen LogP contribution in [0.15, 0.2) is 18.2 Å². The summed E-state index contributed by atoms with van der Waals surface area (Å²) in [6.45, 7) is 3.28. The molecule has 1 aromatic carbocycles. The number of aryl methyl sites for hydroxylation is 2. The summed E-state index contributed by atoms with van der Waals surface area (Å²) in [4.78, 5) is 11.2. The number of hydrogen-bond acceptors (Lipinski definition) is 3. The van der Waals surface area contributed by atoms with Crippen molar-refractivity contribution in [1.82, 2.24) is 5.32 Å². The minimum atomic E-state index is -0.185. The topological polar surface area (TPSA) is 38.3 Å². The van der Waals surface area contributed by atoms with Crippen LogP contribution in [0.25, 0.3) is 0 Å². The van der Waals surface area contributed by atoms with Crippen molar-refractivity contribution in [2.75, 3.05) is 13.2 Å². The molecule has 0 bridgehead atoms. The molecule has 3 nitrogen and oxygen atoms in total. The monoisotopic (exact) mass is 247 g/mol. The van der Waals surface area contributed by atoms with E-state index in [9.17, 15) is 4.79 Å². The van der Waals surface area contributed by atoms with E-state index in [1.165, 1.54) is 42.4 Å². The van der Waals surface area contributed by atoms with Crippen molar-refractivity contribution in [2.24, 2.45) is 0 Å². The molecular formula is C15H21NO2. The smallest absolute Gasteiger partial charge is 0.319 e. The molecule has 0 aliphatic heterocycles. The van der Waals surface area contributed by atoms with E-state index in [4.69, 9.17) is 4.74 Å². The molecule has 1 N–H and O–H groups in total. The van der Waals surface area contributed by atoms with Crippen LogP contribution in [0.4, 0.5) is 0 Å². The zero-order valence-electron chi connectivity index (χ0n) is 11.0. The molecule has 0 unspecified atom stereocenters. The molecule has 1 aliphatic rings. The third kappa shape index (κ3) is 3.57. The number of nitrogens with one attached hydrogen (secondary N) is 1. The van der Waals surface area contributed by atoms with Crippen LogP contribution < -0.4 is 5.32 Å². The van der Waals surface area contributed by atoms with Crippen molar-refractivity contribution in [2.45, 2.75) is 39.2 Å². The number of fused-ring (bicyclic) bond motifs is 1. The standard InChI is InChI=1S/C15H21NO2/c1-2-18-15(17)11-16-10-12-7-8-13-5-3-4-6-14(13)9-12/h7-9,16H,2-6,10-11H2,1H3. The average Bonchev–Trinajstić information content (AvgIpc) is 2.39. The van der Waals surface area contributed by atoms with Crippen LogP contribution in [0.2, 0.25) is 0 Å². The highest BCUT2D eigenvalue weighted by atomic mass is 16.5. The fourth-order valence-electron chi connectivity index (χ4n) is 2.42. The van der Waals surface area contributed by atoms with E-state index in [1.54, 1.807) is 0 Å². The Balaban J connectivity index is 1.84. The molecule has 0 fully saturated rings. The predicted octanol–water partition coefficient (Wildman–Crippen LogP) is 2.22. The van der Waals surface area contributed by atoms with Gasteiger partial charge in [-0.3, -0.25) is 4.79 Å². The molecule has 0 aromatic heterocycles. The minimum absolute atomic E-state index is 0.185. The molecular weight excluding hydrogens is 226 g/mol. The van der Waals surface area contributed by atoms with Crippen molar-refractivity contribution < 1.29 is 9.53 Å². The van der Waals surface area contributed by atoms with Crippen LogP contribution >= 0.6 is 0 Å². The Bertz CT molecular complexity index is 415. The van der Waals surface area contributed by atoms with Gasteiger partial charge >= 0.3 is 5.97 Å². The highest BCUT2D eigenvalue weighted by Gasteiger charge is 2.09. The van der Waals surface area contributed by atoms with Crippen LogP contribution in [0, 0.1) is 0 Å². The summed E-state index contributed by atoms with van der Waals surface area (Å²) < 4.78 is 4.87. The average molecular weight is 247 g/mol. The first-order valence-electron chi connectivity index (χ1n) is 6.76. The molecule has 0 saturated heterocycles. The molecule has 3 heteroatoms. The zero-order chi connectivity index (χ0) is 12.8. The normalized spacial score (nSPS) is 14.1. The van der Waals surface area contributed by atoms with Gasteiger partial charge in [-0.25, -0.2) is 0 Å². The second kappa shape index (κ2) is 6.55. The molecule has 0 saturated carbocycles. The summed E-state index contributed by atoms with van der Waals surface area (Å²) in [5, 5.41) is 3.12. The van der Waals surface area contributed by atoms with Crippen molar-refractivity contribution in [1.29, 1.82) is 0 Å². The zero-order valence-corrected chi connectivity index (χ0v) is 11.0. The van der Waals surface area contributed by atoms with Gasteiger partial charge in [0.15, 0.2) is 0 Å². The second-order valence-corrected chi connectivity index (χ2v) is 4.72. The van der Waals surface area contributed by atoms with E-state index < -0.39 is 0 Å². The number of benzene rings is 1. The van der Waals surface area contributed by atoms with Gasteiger partial charge in [0.2, 0.25) is 0 Å². The Morgan fingerprint density at radius 2 is 2.06 bits per heavy atom. The summed E-state index contributed by atoms with van der Waals surface area (Å²) in [5.74, 6) is -0.185. The van der Waals surface area contributed by atoms with Gasteiger partial charge in [-0.2, -0.15) is 0 Å². The molecule has 0 radical (unpaired) electrons. The number of esters is 1. The van der Waals surface area contributed by atoms with E-state index in [1.807, 2.05) is 6.92 Å². The van der Waals surface area contributed by atoms with E-state index in [2.05, 4.69) is 23.5 Å². The largest absolute Gasteiger partial charge is 0.465 e. The van der Waals surface area contributed by atoms with Crippen molar-refractivity contribution in [3.8, 4) is 0 Å². The van der Waals surface area contributed by atoms with E-state index in [0.717, 1.165) is 6.54 Å². The Hall–Kier alpha value is -1.35. The number of carbonyl (C=O) groups excluding carboxylic acids is 1. The SMILES string of the molecule is CCOC(=O)CNCc1ccc2c(c1)CCCC2. The number of rotatable bonds is 5. The lowest BCUT2D eigenvalue weighted by molar-refractivity contribution is -0.142. The minimum Gasteiger partial charge on any atom is -0.465 e. The highest BCUT2D eigenvalue weighted by molar-refractivity contribution is 5.71. The first kappa shape index (κ1) is 13.1. The molecule has 0 amide bonds. The van der Waals surface area contributed by atoms with E-state index >= 15 is 0 Å². The van der Waals surface area contributed by atoms with Gasteiger partial charge in [0.1, 0.15) is 0 Å². The van der Waals surface area contributed by atoms with E-state index in [-0.39, 0.29) is 12.5 Å². The maximum Gasteiger partial charge on any atom is 0.319 e. The Morgan fingerprint density at radius 1 is 1.28 bits per heavy atom. The Kier molecular flexibility index (Phi) is 4.76. The molecule has 18 heavy (non-hydrogen) atoms. The molecule has 2 rings (SSSR count). The van der Waals surface area contributed by atoms with Crippen LogP contribution in [0.5, 0.6) is 0 Å². The molecule has 98 valence electrons. The van der Waals surface area contributed by atoms with Gasteiger partial charge in [0, 0.05) is 6.54 Å². The predicted molar refractivity (Wildman–Crippen MR) is 71.4 cm³/mol. The number of ether oxygens (including phenoxy) is 1. The third-order valence-electron chi connectivity index (χ3n) is 3.32. The summed E-state index contributed by atoms with van der Waals surface area (Å²) in [6.07, 6.45) is 5.02.